The van der Waals surface area contributed by atoms with Crippen molar-refractivity contribution >= 4 is 12.6 Å². The van der Waals surface area contributed by atoms with Crippen molar-refractivity contribution in [1.29, 1.82) is 5.26 Å². The van der Waals surface area contributed by atoms with Gasteiger partial charge in [-0.1, -0.05) is 36.4 Å². The monoisotopic (exact) mass is 323 g/mol. The molecule has 1 aliphatic heterocycles. The summed E-state index contributed by atoms with van der Waals surface area (Å²) in [5, 5.41) is 9.68. The van der Waals surface area contributed by atoms with Gasteiger partial charge in [-0.3, -0.25) is 0 Å². The normalized spacial score (nSPS) is 18.4. The lowest BCUT2D eigenvalue weighted by Crippen LogP contribution is -2.41. The summed E-state index contributed by atoms with van der Waals surface area (Å²) in [5.41, 5.74) is 0.743. The molecule has 0 bridgehead atoms. The summed E-state index contributed by atoms with van der Waals surface area (Å²) in [6.07, 6.45) is 0. The Labute approximate surface area is 142 Å². The predicted molar refractivity (Wildman–Crippen MR) is 92.3 cm³/mol. The van der Waals surface area contributed by atoms with Gasteiger partial charge >= 0.3 is 7.12 Å². The van der Waals surface area contributed by atoms with Gasteiger partial charge in [0.2, 0.25) is 0 Å². The molecule has 1 heterocycles. The summed E-state index contributed by atoms with van der Waals surface area (Å²) in [7, 11) is -0.909. The molecule has 1 aliphatic rings. The lowest BCUT2D eigenvalue weighted by molar-refractivity contribution is 0.00578. The number of hydrogen-bond acceptors (Lipinski definition) is 3. The fourth-order valence-electron chi connectivity index (χ4n) is 2.76. The third kappa shape index (κ3) is 2.62. The van der Waals surface area contributed by atoms with Crippen molar-refractivity contribution in [1.82, 2.24) is 0 Å². The molecule has 1 saturated heterocycles. The molecular weight excluding hydrogens is 304 g/mol. The van der Waals surface area contributed by atoms with Crippen molar-refractivity contribution in [3.63, 3.8) is 0 Å². The van der Waals surface area contributed by atoms with E-state index in [1.54, 1.807) is 6.07 Å². The molecule has 0 atom stereocenters. The van der Waals surface area contributed by atoms with Crippen molar-refractivity contribution in [3.8, 4) is 17.2 Å². The van der Waals surface area contributed by atoms with E-state index in [4.69, 9.17) is 9.31 Å². The third-order valence-corrected chi connectivity index (χ3v) is 4.88. The summed E-state index contributed by atoms with van der Waals surface area (Å²) >= 11 is 0. The van der Waals surface area contributed by atoms with Crippen LogP contribution < -0.4 is 5.46 Å². The van der Waals surface area contributed by atoms with E-state index in [0.717, 1.165) is 5.56 Å². The summed E-state index contributed by atoms with van der Waals surface area (Å²) < 4.78 is 26.5. The molecule has 122 valence electrons. The molecule has 1 fully saturated rings. The first-order valence-corrected chi connectivity index (χ1v) is 7.90. The first kappa shape index (κ1) is 16.7. The molecule has 3 rings (SSSR count). The molecule has 0 saturated carbocycles. The van der Waals surface area contributed by atoms with Crippen LogP contribution in [0.4, 0.5) is 4.39 Å². The topological polar surface area (TPSA) is 42.2 Å². The number of hydrogen-bond donors (Lipinski definition) is 0. The Hall–Kier alpha value is -2.16. The van der Waals surface area contributed by atoms with Crippen molar-refractivity contribution in [2.24, 2.45) is 0 Å². The third-order valence-electron chi connectivity index (χ3n) is 4.88. The lowest BCUT2D eigenvalue weighted by atomic mass is 9.73. The van der Waals surface area contributed by atoms with Crippen molar-refractivity contribution in [2.45, 2.75) is 38.9 Å². The molecule has 24 heavy (non-hydrogen) atoms. The van der Waals surface area contributed by atoms with Crippen LogP contribution in [-0.2, 0) is 9.31 Å². The van der Waals surface area contributed by atoms with Gasteiger partial charge in [0.05, 0.1) is 22.8 Å². The van der Waals surface area contributed by atoms with Crippen LogP contribution in [0.2, 0.25) is 0 Å². The van der Waals surface area contributed by atoms with Crippen LogP contribution in [0.1, 0.15) is 33.3 Å². The Balaban J connectivity index is 2.15. The Bertz CT molecular complexity index is 796. The molecule has 0 unspecified atom stereocenters. The Morgan fingerprint density at radius 2 is 1.54 bits per heavy atom. The van der Waals surface area contributed by atoms with E-state index in [9.17, 15) is 9.65 Å². The van der Waals surface area contributed by atoms with E-state index in [0.29, 0.717) is 5.56 Å². The highest BCUT2D eigenvalue weighted by Crippen LogP contribution is 2.37. The maximum Gasteiger partial charge on any atom is 0.499 e. The lowest BCUT2D eigenvalue weighted by Gasteiger charge is -2.32. The van der Waals surface area contributed by atoms with E-state index < -0.39 is 24.1 Å². The summed E-state index contributed by atoms with van der Waals surface area (Å²) in [5.74, 6) is -0.496. The number of rotatable bonds is 2. The first-order chi connectivity index (χ1) is 11.3. The molecule has 2 aromatic carbocycles. The average molecular weight is 323 g/mol. The van der Waals surface area contributed by atoms with E-state index in [1.807, 2.05) is 58.0 Å². The minimum Gasteiger partial charge on any atom is -0.399 e. The number of nitrogens with zero attached hydrogens (tertiary/aromatic N) is 1. The smallest absolute Gasteiger partial charge is 0.399 e. The van der Waals surface area contributed by atoms with Crippen LogP contribution in [0.15, 0.2) is 42.5 Å². The molecule has 0 amide bonds. The molecule has 2 aromatic rings. The maximum absolute atomic E-state index is 14.6. The van der Waals surface area contributed by atoms with Gasteiger partial charge in [0.1, 0.15) is 5.82 Å². The minimum absolute atomic E-state index is 0.164. The van der Waals surface area contributed by atoms with Gasteiger partial charge in [-0.25, -0.2) is 4.39 Å². The van der Waals surface area contributed by atoms with Gasteiger partial charge in [-0.15, -0.1) is 0 Å². The Morgan fingerprint density at radius 3 is 2.08 bits per heavy atom. The molecule has 5 heteroatoms. The van der Waals surface area contributed by atoms with Gasteiger partial charge in [0, 0.05) is 5.46 Å². The predicted octanol–water partition coefficient (Wildman–Crippen LogP) is 3.66. The van der Waals surface area contributed by atoms with Gasteiger partial charge in [0.25, 0.3) is 0 Å². The standard InChI is InChI=1S/C19H19BFNO2/c1-18(2)19(3,4)24-20(23-18)17-15(12-22)14(10-11-16(17)21)13-8-6-5-7-9-13/h5-11H,1-4H3. The number of nitriles is 1. The maximum atomic E-state index is 14.6. The van der Waals surface area contributed by atoms with Crippen molar-refractivity contribution in [2.75, 3.05) is 0 Å². The second kappa shape index (κ2) is 5.73. The van der Waals surface area contributed by atoms with E-state index in [-0.39, 0.29) is 11.0 Å². The second-order valence-corrected chi connectivity index (χ2v) is 6.95. The van der Waals surface area contributed by atoms with Crippen molar-refractivity contribution < 1.29 is 13.7 Å². The molecule has 0 N–H and O–H groups in total. The Kier molecular flexibility index (Phi) is 3.99. The van der Waals surface area contributed by atoms with Gasteiger partial charge in [-0.05, 0) is 44.9 Å². The van der Waals surface area contributed by atoms with E-state index in [2.05, 4.69) is 6.07 Å². The zero-order valence-electron chi connectivity index (χ0n) is 14.3. The zero-order chi connectivity index (χ0) is 17.5. The Morgan fingerprint density at radius 1 is 0.958 bits per heavy atom. The summed E-state index contributed by atoms with van der Waals surface area (Å²) in [6, 6.07) is 14.6. The number of benzene rings is 2. The van der Waals surface area contributed by atoms with Crippen LogP contribution in [-0.4, -0.2) is 18.3 Å². The van der Waals surface area contributed by atoms with Gasteiger partial charge in [-0.2, -0.15) is 5.26 Å². The zero-order valence-corrected chi connectivity index (χ0v) is 14.3. The van der Waals surface area contributed by atoms with Crippen LogP contribution in [0, 0.1) is 17.1 Å². The van der Waals surface area contributed by atoms with Crippen LogP contribution >= 0.6 is 0 Å². The first-order valence-electron chi connectivity index (χ1n) is 7.90. The van der Waals surface area contributed by atoms with Crippen molar-refractivity contribution in [3.05, 3.63) is 53.8 Å². The van der Waals surface area contributed by atoms with Gasteiger partial charge in [0.15, 0.2) is 0 Å². The fourth-order valence-corrected chi connectivity index (χ4v) is 2.76. The highest BCUT2D eigenvalue weighted by Gasteiger charge is 2.53. The average Bonchev–Trinajstić information content (AvgIpc) is 2.75. The molecular formula is C19H19BFNO2. The number of halogens is 1. The highest BCUT2D eigenvalue weighted by atomic mass is 19.1. The van der Waals surface area contributed by atoms with Crippen LogP contribution in [0.25, 0.3) is 11.1 Å². The summed E-state index contributed by atoms with van der Waals surface area (Å²) in [6.45, 7) is 7.60. The fraction of sp³-hybridized carbons (Fsp3) is 0.316. The SMILES string of the molecule is CC1(C)OB(c2c(F)ccc(-c3ccccc3)c2C#N)OC1(C)C. The molecule has 0 spiro atoms. The van der Waals surface area contributed by atoms with E-state index in [1.165, 1.54) is 6.07 Å². The minimum atomic E-state index is -0.909. The van der Waals surface area contributed by atoms with Gasteiger partial charge < -0.3 is 9.31 Å². The van der Waals surface area contributed by atoms with Crippen LogP contribution in [0.5, 0.6) is 0 Å². The molecule has 0 radical (unpaired) electrons. The van der Waals surface area contributed by atoms with Crippen LogP contribution in [0.3, 0.4) is 0 Å². The second-order valence-electron chi connectivity index (χ2n) is 6.95. The molecule has 3 nitrogen and oxygen atoms in total. The molecule has 0 aliphatic carbocycles. The van der Waals surface area contributed by atoms with E-state index >= 15 is 0 Å². The highest BCUT2D eigenvalue weighted by molar-refractivity contribution is 6.63. The summed E-state index contributed by atoms with van der Waals surface area (Å²) in [4.78, 5) is 0. The largest absolute Gasteiger partial charge is 0.499 e. The molecule has 0 aromatic heterocycles. The quantitative estimate of drug-likeness (QED) is 0.792.